The Morgan fingerprint density at radius 1 is 1.00 bits per heavy atom. The molecular weight excluding hydrogens is 521 g/mol. The monoisotopic (exact) mass is 545 g/mol. The molecule has 2 atom stereocenters. The summed E-state index contributed by atoms with van der Waals surface area (Å²) in [6.45, 7) is -0.0475. The zero-order valence-electron chi connectivity index (χ0n) is 18.1. The Hall–Kier alpha value is -1.95. The number of unbranched alkanes of at least 4 members (excludes halogenated alkanes) is 1. The number of hydrogen-bond donors (Lipinski definition) is 2. The lowest BCUT2D eigenvalue weighted by Gasteiger charge is -2.22. The van der Waals surface area contributed by atoms with Crippen LogP contribution in [0.3, 0.4) is 0 Å². The molecule has 0 radical (unpaired) electrons. The predicted molar refractivity (Wildman–Crippen MR) is 131 cm³/mol. The van der Waals surface area contributed by atoms with Crippen molar-refractivity contribution in [3.05, 3.63) is 70.7 Å². The molecule has 0 aliphatic carbocycles. The number of nitrogens with one attached hydrogen (secondary N) is 1. The van der Waals surface area contributed by atoms with Crippen molar-refractivity contribution in [1.29, 1.82) is 0 Å². The summed E-state index contributed by atoms with van der Waals surface area (Å²) in [5, 5.41) is 0.807. The van der Waals surface area contributed by atoms with Gasteiger partial charge in [0.1, 0.15) is 0 Å². The van der Waals surface area contributed by atoms with Gasteiger partial charge < -0.3 is 5.73 Å². The third-order valence-corrected chi connectivity index (χ3v) is 9.26. The number of benzene rings is 2. The SMILES string of the molecule is NC(=O)CCCC=C[C@@H]1C[C@@H](NS(=O)(=O)c2ccc(Cl)cc2)CN1S(=O)(=O)c1ccc(Cl)cc1. The van der Waals surface area contributed by atoms with E-state index in [0.29, 0.717) is 22.9 Å². The lowest BCUT2D eigenvalue weighted by Crippen LogP contribution is -2.39. The van der Waals surface area contributed by atoms with Gasteiger partial charge >= 0.3 is 0 Å². The number of primary amides is 1. The van der Waals surface area contributed by atoms with Crippen LogP contribution in [0.15, 0.2) is 70.5 Å². The van der Waals surface area contributed by atoms with Gasteiger partial charge in [0.25, 0.3) is 0 Å². The molecule has 3 rings (SSSR count). The Morgan fingerprint density at radius 3 is 2.12 bits per heavy atom. The van der Waals surface area contributed by atoms with Gasteiger partial charge in [0, 0.05) is 35.1 Å². The average Bonchev–Trinajstić information content (AvgIpc) is 3.16. The smallest absolute Gasteiger partial charge is 0.243 e. The van der Waals surface area contributed by atoms with Crippen LogP contribution in [0.4, 0.5) is 0 Å². The highest BCUT2D eigenvalue weighted by molar-refractivity contribution is 7.89. The maximum absolute atomic E-state index is 13.3. The Bertz CT molecular complexity index is 1250. The number of rotatable bonds is 10. The fourth-order valence-electron chi connectivity index (χ4n) is 3.66. The molecule has 1 amide bonds. The first-order chi connectivity index (χ1) is 16.0. The molecule has 0 spiro atoms. The van der Waals surface area contributed by atoms with Crippen LogP contribution in [0, 0.1) is 0 Å². The first-order valence-electron chi connectivity index (χ1n) is 10.5. The summed E-state index contributed by atoms with van der Waals surface area (Å²) in [6, 6.07) is 10.3. The molecule has 1 fully saturated rings. The van der Waals surface area contributed by atoms with Crippen molar-refractivity contribution in [2.24, 2.45) is 5.73 Å². The van der Waals surface area contributed by atoms with Crippen LogP contribution in [0.1, 0.15) is 25.7 Å². The van der Waals surface area contributed by atoms with Crippen molar-refractivity contribution in [3.63, 3.8) is 0 Å². The normalized spacial score (nSPS) is 19.6. The molecule has 1 aliphatic heterocycles. The van der Waals surface area contributed by atoms with Crippen molar-refractivity contribution < 1.29 is 21.6 Å². The van der Waals surface area contributed by atoms with Crippen LogP contribution in [-0.4, -0.2) is 45.7 Å². The van der Waals surface area contributed by atoms with Gasteiger partial charge in [-0.25, -0.2) is 21.6 Å². The minimum atomic E-state index is -3.92. The summed E-state index contributed by atoms with van der Waals surface area (Å²) in [5.41, 5.74) is 5.15. The van der Waals surface area contributed by atoms with Crippen LogP contribution < -0.4 is 10.5 Å². The average molecular weight is 546 g/mol. The standard InChI is InChI=1S/C22H25Cl2N3O5S2/c23-16-6-10-20(11-7-16)33(29,30)26-18-14-19(4-2-1-3-5-22(25)28)27(15-18)34(31,32)21-12-8-17(24)9-13-21/h2,4,6-13,18-19,26H,1,3,5,14-15H2,(H2,25,28)/t18-,19-/m1/s1. The topological polar surface area (TPSA) is 127 Å². The van der Waals surface area contributed by atoms with Gasteiger partial charge in [0.05, 0.1) is 9.79 Å². The largest absolute Gasteiger partial charge is 0.370 e. The van der Waals surface area contributed by atoms with Crippen molar-refractivity contribution in [2.45, 2.75) is 47.6 Å². The number of carbonyl (C=O) groups excluding carboxylic acids is 1. The van der Waals surface area contributed by atoms with Gasteiger partial charge in [0.15, 0.2) is 0 Å². The summed E-state index contributed by atoms with van der Waals surface area (Å²) >= 11 is 11.7. The van der Waals surface area contributed by atoms with E-state index in [1.165, 1.54) is 52.8 Å². The molecule has 1 heterocycles. The molecule has 0 unspecified atom stereocenters. The highest BCUT2D eigenvalue weighted by Crippen LogP contribution is 2.29. The van der Waals surface area contributed by atoms with Gasteiger partial charge in [-0.1, -0.05) is 35.4 Å². The van der Waals surface area contributed by atoms with Crippen molar-refractivity contribution in [2.75, 3.05) is 6.54 Å². The number of nitrogens with two attached hydrogens (primary N) is 1. The molecule has 1 saturated heterocycles. The fraction of sp³-hybridized carbons (Fsp3) is 0.318. The Balaban J connectivity index is 1.82. The molecular formula is C22H25Cl2N3O5S2. The third kappa shape index (κ3) is 6.80. The summed E-state index contributed by atoms with van der Waals surface area (Å²) in [5.74, 6) is -0.405. The van der Waals surface area contributed by atoms with Gasteiger partial charge in [-0.2, -0.15) is 4.31 Å². The molecule has 0 aromatic heterocycles. The van der Waals surface area contributed by atoms with Gasteiger partial charge in [0.2, 0.25) is 26.0 Å². The lowest BCUT2D eigenvalue weighted by atomic mass is 10.1. The maximum Gasteiger partial charge on any atom is 0.243 e. The molecule has 2 aromatic carbocycles. The first-order valence-corrected chi connectivity index (χ1v) is 14.2. The molecule has 1 aliphatic rings. The van der Waals surface area contributed by atoms with Crippen LogP contribution in [0.2, 0.25) is 10.0 Å². The molecule has 0 bridgehead atoms. The third-order valence-electron chi connectivity index (χ3n) is 5.31. The van der Waals surface area contributed by atoms with E-state index in [1.807, 2.05) is 0 Å². The summed E-state index contributed by atoms with van der Waals surface area (Å²) in [4.78, 5) is 11.0. The minimum Gasteiger partial charge on any atom is -0.370 e. The molecule has 0 saturated carbocycles. The summed E-state index contributed by atoms with van der Waals surface area (Å²) in [7, 11) is -7.81. The van der Waals surface area contributed by atoms with E-state index in [2.05, 4.69) is 4.72 Å². The number of allylic oxidation sites excluding steroid dienone is 1. The van der Waals surface area contributed by atoms with Crippen molar-refractivity contribution >= 4 is 49.2 Å². The molecule has 34 heavy (non-hydrogen) atoms. The van der Waals surface area contributed by atoms with E-state index in [4.69, 9.17) is 28.9 Å². The molecule has 2 aromatic rings. The quantitative estimate of drug-likeness (QED) is 0.349. The maximum atomic E-state index is 13.3. The number of nitrogens with zero attached hydrogens (tertiary/aromatic N) is 1. The number of carbonyl (C=O) groups is 1. The second-order valence-electron chi connectivity index (χ2n) is 7.89. The Kier molecular flexibility index (Phi) is 8.77. The van der Waals surface area contributed by atoms with E-state index in [0.717, 1.165) is 0 Å². The van der Waals surface area contributed by atoms with Crippen LogP contribution in [-0.2, 0) is 24.8 Å². The zero-order chi connectivity index (χ0) is 24.9. The summed E-state index contributed by atoms with van der Waals surface area (Å²) < 4.78 is 56.2. The molecule has 184 valence electrons. The van der Waals surface area contributed by atoms with Crippen molar-refractivity contribution in [1.82, 2.24) is 9.03 Å². The van der Waals surface area contributed by atoms with Gasteiger partial charge in [-0.3, -0.25) is 4.79 Å². The van der Waals surface area contributed by atoms with Crippen LogP contribution in [0.25, 0.3) is 0 Å². The van der Waals surface area contributed by atoms with E-state index >= 15 is 0 Å². The molecule has 3 N–H and O–H groups in total. The highest BCUT2D eigenvalue weighted by atomic mass is 35.5. The second kappa shape index (κ2) is 11.2. The van der Waals surface area contributed by atoms with E-state index in [1.54, 1.807) is 12.2 Å². The molecule has 12 heteroatoms. The van der Waals surface area contributed by atoms with Crippen LogP contribution in [0.5, 0.6) is 0 Å². The van der Waals surface area contributed by atoms with Gasteiger partial charge in [-0.05, 0) is 67.8 Å². The minimum absolute atomic E-state index is 0.0365. The first kappa shape index (κ1) is 26.7. The number of halogens is 2. The number of sulfonamides is 2. The predicted octanol–water partition coefficient (Wildman–Crippen LogP) is 3.32. The van der Waals surface area contributed by atoms with E-state index < -0.39 is 38.0 Å². The van der Waals surface area contributed by atoms with E-state index in [-0.39, 0.29) is 29.2 Å². The number of hydrogen-bond acceptors (Lipinski definition) is 5. The summed E-state index contributed by atoms with van der Waals surface area (Å²) in [6.07, 6.45) is 5.06. The van der Waals surface area contributed by atoms with Crippen LogP contribution >= 0.6 is 23.2 Å². The second-order valence-corrected chi connectivity index (χ2v) is 12.4. The van der Waals surface area contributed by atoms with Gasteiger partial charge in [-0.15, -0.1) is 0 Å². The number of amides is 1. The molecule has 8 nitrogen and oxygen atoms in total. The van der Waals surface area contributed by atoms with E-state index in [9.17, 15) is 21.6 Å². The Labute approximate surface area is 209 Å². The fourth-order valence-corrected chi connectivity index (χ4v) is 6.80. The lowest BCUT2D eigenvalue weighted by molar-refractivity contribution is -0.118. The highest BCUT2D eigenvalue weighted by Gasteiger charge is 2.40. The van der Waals surface area contributed by atoms with Crippen molar-refractivity contribution in [3.8, 4) is 0 Å². The zero-order valence-corrected chi connectivity index (χ0v) is 21.2. The Morgan fingerprint density at radius 2 is 1.56 bits per heavy atom.